The van der Waals surface area contributed by atoms with Crippen molar-refractivity contribution in [3.8, 4) is 5.75 Å². The Morgan fingerprint density at radius 2 is 2.07 bits per heavy atom. The van der Waals surface area contributed by atoms with Gasteiger partial charge in [0.25, 0.3) is 5.56 Å². The summed E-state index contributed by atoms with van der Waals surface area (Å²) < 4.78 is 6.16. The Morgan fingerprint density at radius 3 is 2.90 bits per heavy atom. The van der Waals surface area contributed by atoms with E-state index in [1.165, 1.54) is 5.69 Å². The molecular formula is C23H26N4O2. The van der Waals surface area contributed by atoms with Crippen LogP contribution in [0.4, 0.5) is 5.69 Å². The number of anilines is 1. The Labute approximate surface area is 170 Å². The van der Waals surface area contributed by atoms with Crippen molar-refractivity contribution < 1.29 is 4.74 Å². The smallest absolute Gasteiger partial charge is 0.251 e. The van der Waals surface area contributed by atoms with Crippen molar-refractivity contribution in [3.05, 3.63) is 63.7 Å². The number of nitrogens with zero attached hydrogens (tertiary/aromatic N) is 3. The van der Waals surface area contributed by atoms with Crippen LogP contribution in [0, 0.1) is 13.8 Å². The van der Waals surface area contributed by atoms with Gasteiger partial charge in [0.15, 0.2) is 0 Å². The number of nitrogens with one attached hydrogen (secondary N) is 1. The van der Waals surface area contributed by atoms with E-state index in [9.17, 15) is 4.79 Å². The number of hydrogen-bond acceptors (Lipinski definition) is 5. The minimum Gasteiger partial charge on any atom is -0.493 e. The summed E-state index contributed by atoms with van der Waals surface area (Å²) in [6.07, 6.45) is 2.97. The molecule has 29 heavy (non-hydrogen) atoms. The van der Waals surface area contributed by atoms with Crippen LogP contribution in [0.1, 0.15) is 23.2 Å². The lowest BCUT2D eigenvalue weighted by atomic mass is 10.0. The van der Waals surface area contributed by atoms with Crippen LogP contribution in [0.2, 0.25) is 0 Å². The molecule has 150 valence electrons. The molecule has 0 radical (unpaired) electrons. The second-order valence-corrected chi connectivity index (χ2v) is 8.19. The maximum Gasteiger partial charge on any atom is 0.251 e. The quantitative estimate of drug-likeness (QED) is 0.692. The lowest BCUT2D eigenvalue weighted by Crippen LogP contribution is -2.53. The zero-order chi connectivity index (χ0) is 20.0. The van der Waals surface area contributed by atoms with Crippen LogP contribution in [0.25, 0.3) is 10.9 Å². The van der Waals surface area contributed by atoms with Gasteiger partial charge in [-0.2, -0.15) is 0 Å². The molecule has 1 aromatic carbocycles. The summed E-state index contributed by atoms with van der Waals surface area (Å²) in [5.74, 6) is 0.938. The van der Waals surface area contributed by atoms with Crippen LogP contribution in [0.3, 0.4) is 0 Å². The van der Waals surface area contributed by atoms with Gasteiger partial charge in [0, 0.05) is 59.9 Å². The molecule has 0 bridgehead atoms. The maximum atomic E-state index is 12.0. The Hall–Kier alpha value is -2.86. The molecule has 4 heterocycles. The van der Waals surface area contributed by atoms with E-state index in [0.29, 0.717) is 12.6 Å². The van der Waals surface area contributed by atoms with Crippen LogP contribution < -0.4 is 15.2 Å². The molecule has 0 saturated carbocycles. The molecule has 1 unspecified atom stereocenters. The first-order chi connectivity index (χ1) is 14.1. The number of aromatic nitrogens is 2. The Bertz CT molecular complexity index is 1110. The highest BCUT2D eigenvalue weighted by Gasteiger charge is 2.29. The topological polar surface area (TPSA) is 61.5 Å². The number of benzene rings is 1. The van der Waals surface area contributed by atoms with Gasteiger partial charge in [-0.05, 0) is 50.6 Å². The first-order valence-corrected chi connectivity index (χ1v) is 10.3. The van der Waals surface area contributed by atoms with Gasteiger partial charge in [0.1, 0.15) is 5.75 Å². The number of piperazine rings is 1. The van der Waals surface area contributed by atoms with E-state index in [4.69, 9.17) is 4.74 Å². The van der Waals surface area contributed by atoms with E-state index in [0.717, 1.165) is 66.1 Å². The monoisotopic (exact) mass is 390 g/mol. The summed E-state index contributed by atoms with van der Waals surface area (Å²) in [5.41, 5.74) is 4.96. The molecule has 3 aromatic rings. The van der Waals surface area contributed by atoms with E-state index >= 15 is 0 Å². The molecule has 1 atom stereocenters. The largest absolute Gasteiger partial charge is 0.493 e. The second-order valence-electron chi connectivity index (χ2n) is 8.19. The van der Waals surface area contributed by atoms with Crippen LogP contribution in [0.5, 0.6) is 5.75 Å². The van der Waals surface area contributed by atoms with Crippen LogP contribution in [-0.4, -0.2) is 47.2 Å². The lowest BCUT2D eigenvalue weighted by Gasteiger charge is -2.43. The fourth-order valence-corrected chi connectivity index (χ4v) is 4.43. The average molecular weight is 390 g/mol. The zero-order valence-corrected chi connectivity index (χ0v) is 16.9. The first kappa shape index (κ1) is 18.2. The van der Waals surface area contributed by atoms with Gasteiger partial charge < -0.3 is 14.6 Å². The van der Waals surface area contributed by atoms with Crippen molar-refractivity contribution >= 4 is 16.6 Å². The molecule has 0 aliphatic carbocycles. The minimum atomic E-state index is -0.0255. The molecule has 2 aliphatic heterocycles. The molecule has 0 spiro atoms. The molecule has 1 saturated heterocycles. The van der Waals surface area contributed by atoms with Crippen molar-refractivity contribution in [1.82, 2.24) is 14.9 Å². The molecule has 5 rings (SSSR count). The van der Waals surface area contributed by atoms with E-state index in [-0.39, 0.29) is 5.56 Å². The van der Waals surface area contributed by atoms with Crippen LogP contribution in [0.15, 0.2) is 41.3 Å². The summed E-state index contributed by atoms with van der Waals surface area (Å²) in [5, 5.41) is 1.02. The molecule has 6 heteroatoms. The third-order valence-corrected chi connectivity index (χ3v) is 6.16. The number of hydrogen-bond donors (Lipinski definition) is 1. The first-order valence-electron chi connectivity index (χ1n) is 10.3. The maximum absolute atomic E-state index is 12.0. The van der Waals surface area contributed by atoms with Gasteiger partial charge >= 0.3 is 0 Å². The van der Waals surface area contributed by atoms with Crippen molar-refractivity contribution in [2.45, 2.75) is 32.9 Å². The van der Waals surface area contributed by atoms with Gasteiger partial charge in [-0.15, -0.1) is 0 Å². The van der Waals surface area contributed by atoms with Gasteiger partial charge in [-0.3, -0.25) is 14.7 Å². The summed E-state index contributed by atoms with van der Waals surface area (Å²) in [6.45, 7) is 8.36. The molecule has 1 fully saturated rings. The van der Waals surface area contributed by atoms with E-state index < -0.39 is 0 Å². The van der Waals surface area contributed by atoms with E-state index in [1.807, 2.05) is 26.1 Å². The molecule has 0 amide bonds. The summed E-state index contributed by atoms with van der Waals surface area (Å²) >= 11 is 0. The molecule has 2 aliphatic rings. The van der Waals surface area contributed by atoms with Crippen molar-refractivity contribution in [1.29, 1.82) is 0 Å². The molecule has 2 aromatic heterocycles. The second kappa shape index (κ2) is 7.19. The summed E-state index contributed by atoms with van der Waals surface area (Å²) in [4.78, 5) is 24.5. The number of aryl methyl sites for hydroxylation is 2. The Balaban J connectivity index is 1.41. The fourth-order valence-electron chi connectivity index (χ4n) is 4.43. The highest BCUT2D eigenvalue weighted by molar-refractivity contribution is 5.81. The summed E-state index contributed by atoms with van der Waals surface area (Å²) in [7, 11) is 0. The van der Waals surface area contributed by atoms with Crippen molar-refractivity contribution in [3.63, 3.8) is 0 Å². The van der Waals surface area contributed by atoms with Crippen LogP contribution >= 0.6 is 0 Å². The average Bonchev–Trinajstić information content (AvgIpc) is 2.70. The predicted octanol–water partition coefficient (Wildman–Crippen LogP) is 3.01. The van der Waals surface area contributed by atoms with Gasteiger partial charge in [0.05, 0.1) is 18.5 Å². The zero-order valence-electron chi connectivity index (χ0n) is 16.9. The van der Waals surface area contributed by atoms with Crippen molar-refractivity contribution in [2.75, 3.05) is 31.1 Å². The van der Waals surface area contributed by atoms with Crippen LogP contribution in [-0.2, 0) is 6.54 Å². The molecular weight excluding hydrogens is 364 g/mol. The minimum absolute atomic E-state index is 0.0255. The number of fused-ring (bicyclic) bond motifs is 3. The number of pyridine rings is 2. The summed E-state index contributed by atoms with van der Waals surface area (Å²) in [6, 6.07) is 10.8. The van der Waals surface area contributed by atoms with Crippen molar-refractivity contribution in [2.24, 2.45) is 0 Å². The highest BCUT2D eigenvalue weighted by Crippen LogP contribution is 2.31. The number of aromatic amines is 1. The fraction of sp³-hybridized carbons (Fsp3) is 0.391. The van der Waals surface area contributed by atoms with E-state index in [1.54, 1.807) is 0 Å². The van der Waals surface area contributed by atoms with Gasteiger partial charge in [0.2, 0.25) is 0 Å². The Morgan fingerprint density at radius 1 is 1.17 bits per heavy atom. The number of ether oxygens (including phenoxy) is 1. The number of H-pyrrole nitrogens is 1. The molecule has 1 N–H and O–H groups in total. The van der Waals surface area contributed by atoms with Gasteiger partial charge in [-0.25, -0.2) is 0 Å². The van der Waals surface area contributed by atoms with E-state index in [2.05, 4.69) is 44.0 Å². The predicted molar refractivity (Wildman–Crippen MR) is 115 cm³/mol. The standard InChI is InChI=1S/C23H26N4O2/c1-15-9-17-11-22-18(10-21(17)25-23(15)28)13-26-6-7-27(14-20(26)5-8-29-22)19-4-3-16(2)24-12-19/h3-4,9-12,20H,5-8,13-14H2,1-2H3,(H,25,28). The highest BCUT2D eigenvalue weighted by atomic mass is 16.5. The number of rotatable bonds is 1. The lowest BCUT2D eigenvalue weighted by molar-refractivity contribution is 0.127. The molecule has 6 nitrogen and oxygen atoms in total. The SMILES string of the molecule is Cc1ccc(N2CCN3Cc4cc5[nH]c(=O)c(C)cc5cc4OCCC3C2)cn1. The normalized spacial score (nSPS) is 19.8. The third kappa shape index (κ3) is 3.49. The van der Waals surface area contributed by atoms with Gasteiger partial charge in [-0.1, -0.05) is 0 Å². The Kier molecular flexibility index (Phi) is 4.51. The third-order valence-electron chi connectivity index (χ3n) is 6.16.